The molecule has 134 valence electrons. The molecule has 0 unspecified atom stereocenters. The van der Waals surface area contributed by atoms with Crippen LogP contribution >= 0.6 is 0 Å². The molecule has 0 saturated heterocycles. The molecule has 5 rings (SSSR count). The zero-order valence-corrected chi connectivity index (χ0v) is 14.8. The summed E-state index contributed by atoms with van der Waals surface area (Å²) in [7, 11) is 0. The number of nitrogen functional groups attached to an aromatic ring is 1. The zero-order chi connectivity index (χ0) is 18.5. The van der Waals surface area contributed by atoms with Crippen molar-refractivity contribution in [3.05, 3.63) is 47.4 Å². The van der Waals surface area contributed by atoms with Crippen molar-refractivity contribution in [2.24, 2.45) is 0 Å². The normalized spacial score (nSPS) is 16.9. The fraction of sp³-hybridized carbons (Fsp3) is 0.286. The van der Waals surface area contributed by atoms with E-state index in [1.807, 2.05) is 18.2 Å². The third-order valence-corrected chi connectivity index (χ3v) is 5.84. The van der Waals surface area contributed by atoms with Gasteiger partial charge in [-0.2, -0.15) is 5.26 Å². The van der Waals surface area contributed by atoms with Crippen molar-refractivity contribution in [3.8, 4) is 22.9 Å². The van der Waals surface area contributed by atoms with Gasteiger partial charge in [0.05, 0.1) is 22.3 Å². The van der Waals surface area contributed by atoms with Gasteiger partial charge in [-0.25, -0.2) is 4.98 Å². The topological polar surface area (TPSA) is 99.1 Å². The van der Waals surface area contributed by atoms with E-state index in [0.29, 0.717) is 28.3 Å². The van der Waals surface area contributed by atoms with Crippen molar-refractivity contribution in [2.45, 2.75) is 38.4 Å². The molecule has 0 bridgehead atoms. The van der Waals surface area contributed by atoms with Crippen molar-refractivity contribution in [2.75, 3.05) is 5.73 Å². The maximum atomic E-state index is 10.5. The fourth-order valence-corrected chi connectivity index (χ4v) is 4.09. The van der Waals surface area contributed by atoms with E-state index in [-0.39, 0.29) is 5.75 Å². The van der Waals surface area contributed by atoms with Crippen molar-refractivity contribution >= 4 is 16.6 Å². The first-order valence-corrected chi connectivity index (χ1v) is 9.19. The molecule has 1 aliphatic heterocycles. The summed E-state index contributed by atoms with van der Waals surface area (Å²) >= 11 is 0. The molecule has 0 atom stereocenters. The Morgan fingerprint density at radius 3 is 2.70 bits per heavy atom. The van der Waals surface area contributed by atoms with Crippen LogP contribution in [0, 0.1) is 11.3 Å². The van der Waals surface area contributed by atoms with Gasteiger partial charge in [-0.1, -0.05) is 6.42 Å². The van der Waals surface area contributed by atoms with Crippen molar-refractivity contribution in [1.82, 2.24) is 14.9 Å². The maximum absolute atomic E-state index is 10.5. The zero-order valence-electron chi connectivity index (χ0n) is 14.8. The van der Waals surface area contributed by atoms with E-state index in [9.17, 15) is 5.11 Å². The van der Waals surface area contributed by atoms with Gasteiger partial charge in [-0.05, 0) is 37.1 Å². The minimum Gasteiger partial charge on any atom is -0.507 e. The van der Waals surface area contributed by atoms with E-state index in [2.05, 4.69) is 9.88 Å². The number of anilines is 1. The quantitative estimate of drug-likeness (QED) is 0.730. The highest BCUT2D eigenvalue weighted by Crippen LogP contribution is 2.42. The largest absolute Gasteiger partial charge is 0.507 e. The summed E-state index contributed by atoms with van der Waals surface area (Å²) in [5, 5.41) is 20.0. The molecule has 0 spiro atoms. The number of aromatic hydroxyl groups is 1. The highest BCUT2D eigenvalue weighted by Gasteiger charge is 2.32. The lowest BCUT2D eigenvalue weighted by atomic mass is 9.92. The minimum atomic E-state index is 0.144. The lowest BCUT2D eigenvalue weighted by Gasteiger charge is -2.34. The second-order valence-electron chi connectivity index (χ2n) is 7.34. The van der Waals surface area contributed by atoms with E-state index in [4.69, 9.17) is 16.0 Å². The number of benzene rings is 1. The summed E-state index contributed by atoms with van der Waals surface area (Å²) < 4.78 is 0. The Labute approximate surface area is 156 Å². The van der Waals surface area contributed by atoms with Crippen molar-refractivity contribution < 1.29 is 5.11 Å². The van der Waals surface area contributed by atoms with Gasteiger partial charge in [0, 0.05) is 42.0 Å². The number of aromatic nitrogens is 2. The predicted molar refractivity (Wildman–Crippen MR) is 103 cm³/mol. The average Bonchev–Trinajstić information content (AvgIpc) is 3.04. The highest BCUT2D eigenvalue weighted by molar-refractivity contribution is 6.04. The standard InChI is InChI=1S/C21H19N5O/c22-8-13-5-4-12(9-24-13)15-6-7-18(27)19-20(23)16-10-26(14-2-1-3-14)11-17(16)25-21(15)19/h4-7,9,14,27H,1-3,10-11H2,(H2,23,25). The Kier molecular flexibility index (Phi) is 3.52. The Morgan fingerprint density at radius 2 is 2.04 bits per heavy atom. The second-order valence-corrected chi connectivity index (χ2v) is 7.34. The van der Waals surface area contributed by atoms with Gasteiger partial charge >= 0.3 is 0 Å². The van der Waals surface area contributed by atoms with Crippen LogP contribution in [-0.4, -0.2) is 26.0 Å². The van der Waals surface area contributed by atoms with Gasteiger partial charge in [0.15, 0.2) is 0 Å². The predicted octanol–water partition coefficient (Wildman–Crippen LogP) is 3.32. The first-order chi connectivity index (χ1) is 13.2. The highest BCUT2D eigenvalue weighted by atomic mass is 16.3. The molecule has 1 aromatic carbocycles. The van der Waals surface area contributed by atoms with E-state index in [1.54, 1.807) is 18.3 Å². The first-order valence-electron chi connectivity index (χ1n) is 9.19. The number of nitriles is 1. The fourth-order valence-electron chi connectivity index (χ4n) is 4.09. The number of rotatable bonds is 2. The Balaban J connectivity index is 1.67. The van der Waals surface area contributed by atoms with Gasteiger partial charge in [0.2, 0.25) is 0 Å². The number of nitrogens with two attached hydrogens (primary N) is 1. The second kappa shape index (κ2) is 5.93. The van der Waals surface area contributed by atoms with Gasteiger partial charge in [0.25, 0.3) is 0 Å². The summed E-state index contributed by atoms with van der Waals surface area (Å²) in [6, 6.07) is 9.67. The molecule has 1 fully saturated rings. The molecular formula is C21H19N5O. The van der Waals surface area contributed by atoms with Crippen LogP contribution in [-0.2, 0) is 13.1 Å². The third kappa shape index (κ3) is 2.43. The van der Waals surface area contributed by atoms with E-state index in [1.165, 1.54) is 19.3 Å². The molecule has 3 heterocycles. The monoisotopic (exact) mass is 357 g/mol. The summed E-state index contributed by atoms with van der Waals surface area (Å²) in [6.45, 7) is 1.61. The van der Waals surface area contributed by atoms with Gasteiger partial charge in [-0.3, -0.25) is 9.88 Å². The molecule has 3 aromatic rings. The van der Waals surface area contributed by atoms with Crippen molar-refractivity contribution in [1.29, 1.82) is 5.26 Å². The summed E-state index contributed by atoms with van der Waals surface area (Å²) in [6.07, 6.45) is 5.43. The molecule has 0 radical (unpaired) electrons. The number of fused-ring (bicyclic) bond motifs is 2. The van der Waals surface area contributed by atoms with Crippen molar-refractivity contribution in [3.63, 3.8) is 0 Å². The van der Waals surface area contributed by atoms with Crippen LogP contribution in [0.5, 0.6) is 5.75 Å². The average molecular weight is 357 g/mol. The Hall–Kier alpha value is -3.17. The molecule has 0 amide bonds. The summed E-state index contributed by atoms with van der Waals surface area (Å²) in [5.74, 6) is 0.144. The molecule has 1 aliphatic carbocycles. The number of hydrogen-bond acceptors (Lipinski definition) is 6. The molecule has 27 heavy (non-hydrogen) atoms. The van der Waals surface area contributed by atoms with E-state index in [0.717, 1.165) is 35.5 Å². The number of phenolic OH excluding ortho intramolecular Hbond substituents is 1. The van der Waals surface area contributed by atoms with Crippen LogP contribution in [0.2, 0.25) is 0 Å². The first kappa shape index (κ1) is 16.0. The lowest BCUT2D eigenvalue weighted by Crippen LogP contribution is -2.36. The number of hydrogen-bond donors (Lipinski definition) is 2. The van der Waals surface area contributed by atoms with Crippen LogP contribution in [0.1, 0.15) is 36.2 Å². The molecule has 1 saturated carbocycles. The van der Waals surface area contributed by atoms with Crippen LogP contribution in [0.3, 0.4) is 0 Å². The molecular weight excluding hydrogens is 338 g/mol. The smallest absolute Gasteiger partial charge is 0.140 e. The van der Waals surface area contributed by atoms with Crippen LogP contribution in [0.25, 0.3) is 22.0 Å². The molecule has 2 aliphatic rings. The minimum absolute atomic E-state index is 0.144. The number of pyridine rings is 2. The van der Waals surface area contributed by atoms with Gasteiger partial charge < -0.3 is 10.8 Å². The number of phenols is 1. The van der Waals surface area contributed by atoms with Crippen LogP contribution in [0.15, 0.2) is 30.5 Å². The Bertz CT molecular complexity index is 1100. The van der Waals surface area contributed by atoms with E-state index < -0.39 is 0 Å². The SMILES string of the molecule is N#Cc1ccc(-c2ccc(O)c3c(N)c4c(nc23)CN(C2CCC2)C4)cn1. The summed E-state index contributed by atoms with van der Waals surface area (Å²) in [5.41, 5.74) is 11.9. The molecule has 6 heteroatoms. The number of nitrogens with zero attached hydrogens (tertiary/aromatic N) is 4. The third-order valence-electron chi connectivity index (χ3n) is 5.84. The molecule has 3 N–H and O–H groups in total. The van der Waals surface area contributed by atoms with E-state index >= 15 is 0 Å². The Morgan fingerprint density at radius 1 is 1.19 bits per heavy atom. The maximum Gasteiger partial charge on any atom is 0.140 e. The summed E-state index contributed by atoms with van der Waals surface area (Å²) in [4.78, 5) is 11.5. The molecule has 6 nitrogen and oxygen atoms in total. The lowest BCUT2D eigenvalue weighted by molar-refractivity contribution is 0.126. The van der Waals surface area contributed by atoms with Gasteiger partial charge in [0.1, 0.15) is 17.5 Å². The molecule has 2 aromatic heterocycles. The van der Waals surface area contributed by atoms with Gasteiger partial charge in [-0.15, -0.1) is 0 Å². The van der Waals surface area contributed by atoms with Crippen LogP contribution < -0.4 is 5.73 Å². The van der Waals surface area contributed by atoms with Crippen LogP contribution in [0.4, 0.5) is 5.69 Å².